The number of fused-ring (bicyclic) bond motifs is 3. The molecule has 5 rings (SSSR count). The summed E-state index contributed by atoms with van der Waals surface area (Å²) in [5, 5.41) is 2.90. The van der Waals surface area contributed by atoms with Crippen LogP contribution in [0.15, 0.2) is 84.9 Å². The van der Waals surface area contributed by atoms with Gasteiger partial charge in [-0.15, -0.1) is 0 Å². The first-order valence-corrected chi connectivity index (χ1v) is 10.6. The third-order valence-electron chi connectivity index (χ3n) is 5.51. The lowest BCUT2D eigenvalue weighted by atomic mass is 10.0. The van der Waals surface area contributed by atoms with Crippen LogP contribution < -0.4 is 9.47 Å². The van der Waals surface area contributed by atoms with Crippen molar-refractivity contribution in [3.63, 3.8) is 0 Å². The van der Waals surface area contributed by atoms with Gasteiger partial charge in [0, 0.05) is 0 Å². The van der Waals surface area contributed by atoms with E-state index in [1.165, 1.54) is 0 Å². The van der Waals surface area contributed by atoms with E-state index in [0.29, 0.717) is 10.8 Å². The predicted octanol–water partition coefficient (Wildman–Crippen LogP) is 6.99. The molecule has 0 N–H and O–H groups in total. The fourth-order valence-corrected chi connectivity index (χ4v) is 3.71. The minimum atomic E-state index is -1.17. The predicted molar refractivity (Wildman–Crippen MR) is 124 cm³/mol. The van der Waals surface area contributed by atoms with Crippen LogP contribution >= 0.6 is 0 Å². The maximum absolute atomic E-state index is 13.5. The van der Waals surface area contributed by atoms with Gasteiger partial charge >= 0.3 is 11.9 Å². The van der Waals surface area contributed by atoms with E-state index in [1.807, 2.05) is 12.1 Å². The Morgan fingerprint density at radius 1 is 0.472 bits per heavy atom. The number of carbonyl (C=O) groups excluding carboxylic acids is 2. The molecule has 178 valence electrons. The zero-order valence-electron chi connectivity index (χ0n) is 18.2. The van der Waals surface area contributed by atoms with Crippen LogP contribution in [-0.4, -0.2) is 11.9 Å². The van der Waals surface area contributed by atoms with Crippen molar-refractivity contribution in [3.8, 4) is 11.5 Å². The van der Waals surface area contributed by atoms with E-state index in [-0.39, 0.29) is 22.6 Å². The zero-order valence-corrected chi connectivity index (χ0v) is 18.2. The monoisotopic (exact) mass is 490 g/mol. The molecule has 0 radical (unpaired) electrons. The number of benzene rings is 5. The summed E-state index contributed by atoms with van der Waals surface area (Å²) in [6.45, 7) is 0. The van der Waals surface area contributed by atoms with Crippen molar-refractivity contribution >= 4 is 33.5 Å². The fraction of sp³-hybridized carbons (Fsp3) is 0. The Morgan fingerprint density at radius 2 is 0.861 bits per heavy atom. The van der Waals surface area contributed by atoms with Gasteiger partial charge in [-0.2, -0.15) is 0 Å². The lowest BCUT2D eigenvalue weighted by molar-refractivity contribution is 0.0724. The average Bonchev–Trinajstić information content (AvgIpc) is 2.87. The lowest BCUT2D eigenvalue weighted by Gasteiger charge is -2.10. The van der Waals surface area contributed by atoms with Gasteiger partial charge in [0.15, 0.2) is 23.3 Å². The van der Waals surface area contributed by atoms with Gasteiger partial charge in [0.05, 0.1) is 11.1 Å². The third kappa shape index (κ3) is 4.48. The molecule has 0 spiro atoms. The summed E-state index contributed by atoms with van der Waals surface area (Å²) in [6, 6.07) is 18.8. The molecule has 0 aliphatic rings. The Bertz CT molecular complexity index is 1560. The number of carbonyl (C=O) groups is 2. The van der Waals surface area contributed by atoms with Gasteiger partial charge in [0.25, 0.3) is 0 Å². The van der Waals surface area contributed by atoms with Gasteiger partial charge in [0.1, 0.15) is 11.5 Å². The van der Waals surface area contributed by atoms with Gasteiger partial charge in [0.2, 0.25) is 0 Å². The summed E-state index contributed by atoms with van der Waals surface area (Å²) in [4.78, 5) is 24.8. The third-order valence-corrected chi connectivity index (χ3v) is 5.51. The Kier molecular flexibility index (Phi) is 5.85. The second kappa shape index (κ2) is 9.14. The average molecular weight is 490 g/mol. The van der Waals surface area contributed by atoms with Crippen LogP contribution in [0.2, 0.25) is 0 Å². The topological polar surface area (TPSA) is 52.6 Å². The highest BCUT2D eigenvalue weighted by molar-refractivity contribution is 6.09. The van der Waals surface area contributed by atoms with Crippen LogP contribution in [0.5, 0.6) is 11.5 Å². The molecule has 0 aromatic heterocycles. The van der Waals surface area contributed by atoms with Gasteiger partial charge in [-0.3, -0.25) is 0 Å². The van der Waals surface area contributed by atoms with Crippen molar-refractivity contribution < 1.29 is 36.6 Å². The van der Waals surface area contributed by atoms with Crippen molar-refractivity contribution in [1.29, 1.82) is 0 Å². The van der Waals surface area contributed by atoms with Crippen LogP contribution in [0.1, 0.15) is 20.7 Å². The molecule has 5 aromatic rings. The van der Waals surface area contributed by atoms with Gasteiger partial charge < -0.3 is 9.47 Å². The maximum Gasteiger partial charge on any atom is 0.343 e. The molecule has 0 heterocycles. The van der Waals surface area contributed by atoms with Crippen LogP contribution in [0.25, 0.3) is 21.5 Å². The Hall–Kier alpha value is -4.72. The van der Waals surface area contributed by atoms with Crippen LogP contribution in [0, 0.1) is 23.3 Å². The largest absolute Gasteiger partial charge is 0.423 e. The quantitative estimate of drug-likeness (QED) is 0.118. The maximum atomic E-state index is 13.5. The molecule has 0 fully saturated rings. The number of esters is 2. The molecule has 0 saturated carbocycles. The van der Waals surface area contributed by atoms with Crippen molar-refractivity contribution in [3.05, 3.63) is 119 Å². The first-order valence-electron chi connectivity index (χ1n) is 10.6. The summed E-state index contributed by atoms with van der Waals surface area (Å²) in [5.74, 6) is -5.90. The number of hydrogen-bond acceptors (Lipinski definition) is 4. The molecule has 4 nitrogen and oxygen atoms in total. The van der Waals surface area contributed by atoms with E-state index in [9.17, 15) is 27.2 Å². The first-order chi connectivity index (χ1) is 17.3. The van der Waals surface area contributed by atoms with Crippen LogP contribution in [0.3, 0.4) is 0 Å². The molecule has 0 aliphatic carbocycles. The Labute approximate surface area is 201 Å². The highest BCUT2D eigenvalue weighted by Crippen LogP contribution is 2.32. The summed E-state index contributed by atoms with van der Waals surface area (Å²) in [7, 11) is 0. The standard InChI is InChI=1S/C28H14F4O4/c29-23-9-5-17(11-25(23)31)27(33)35-19-7-3-15-1-2-16-4-8-20(14-22(16)21(15)13-19)36-28(34)18-6-10-24(30)26(32)12-18/h1-14H. The molecule has 0 atom stereocenters. The SMILES string of the molecule is O=C(Oc1ccc2ccc3ccc(OC(=O)c4ccc(F)c(F)c4)cc3c2c1)c1ccc(F)c(F)c1. The van der Waals surface area contributed by atoms with Gasteiger partial charge in [-0.25, -0.2) is 27.2 Å². The molecular weight excluding hydrogens is 476 g/mol. The van der Waals surface area contributed by atoms with E-state index in [4.69, 9.17) is 9.47 Å². The minimum absolute atomic E-state index is 0.154. The second-order valence-electron chi connectivity index (χ2n) is 7.87. The fourth-order valence-electron chi connectivity index (χ4n) is 3.71. The summed E-state index contributed by atoms with van der Waals surface area (Å²) in [6.07, 6.45) is 0. The van der Waals surface area contributed by atoms with Crippen LogP contribution in [0.4, 0.5) is 17.6 Å². The Morgan fingerprint density at radius 3 is 1.25 bits per heavy atom. The molecule has 8 heteroatoms. The van der Waals surface area contributed by atoms with Gasteiger partial charge in [-0.05, 0) is 82.2 Å². The summed E-state index contributed by atoms with van der Waals surface area (Å²) >= 11 is 0. The van der Waals surface area contributed by atoms with Crippen LogP contribution in [-0.2, 0) is 0 Å². The Balaban J connectivity index is 1.47. The molecular formula is C28H14F4O4. The number of hydrogen-bond donors (Lipinski definition) is 0. The highest BCUT2D eigenvalue weighted by Gasteiger charge is 2.15. The molecule has 0 saturated heterocycles. The molecule has 0 unspecified atom stereocenters. The van der Waals surface area contributed by atoms with E-state index < -0.39 is 35.2 Å². The highest BCUT2D eigenvalue weighted by atomic mass is 19.2. The minimum Gasteiger partial charge on any atom is -0.423 e. The smallest absolute Gasteiger partial charge is 0.343 e. The van der Waals surface area contributed by atoms with E-state index >= 15 is 0 Å². The summed E-state index contributed by atoms with van der Waals surface area (Å²) in [5.41, 5.74) is -0.309. The van der Waals surface area contributed by atoms with E-state index in [1.54, 1.807) is 36.4 Å². The van der Waals surface area contributed by atoms with Crippen molar-refractivity contribution in [1.82, 2.24) is 0 Å². The molecule has 0 aliphatic heterocycles. The van der Waals surface area contributed by atoms with Crippen molar-refractivity contribution in [2.45, 2.75) is 0 Å². The zero-order chi connectivity index (χ0) is 25.4. The van der Waals surface area contributed by atoms with E-state index in [2.05, 4.69) is 0 Å². The number of rotatable bonds is 4. The normalized spacial score (nSPS) is 11.0. The number of halogens is 4. The summed E-state index contributed by atoms with van der Waals surface area (Å²) < 4.78 is 64.0. The first kappa shape index (κ1) is 23.0. The molecule has 5 aromatic carbocycles. The molecule has 0 amide bonds. The van der Waals surface area contributed by atoms with Crippen molar-refractivity contribution in [2.24, 2.45) is 0 Å². The molecule has 36 heavy (non-hydrogen) atoms. The lowest BCUT2D eigenvalue weighted by Crippen LogP contribution is -2.09. The van der Waals surface area contributed by atoms with Crippen molar-refractivity contribution in [2.75, 3.05) is 0 Å². The van der Waals surface area contributed by atoms with E-state index in [0.717, 1.165) is 47.2 Å². The molecule has 0 bridgehead atoms. The second-order valence-corrected chi connectivity index (χ2v) is 7.87. The number of ether oxygens (including phenoxy) is 2. The van der Waals surface area contributed by atoms with Gasteiger partial charge in [-0.1, -0.05) is 24.3 Å².